The molecule has 4 aromatic rings. The van der Waals surface area contributed by atoms with E-state index in [1.165, 1.54) is 23.3 Å². The molecule has 0 bridgehead atoms. The van der Waals surface area contributed by atoms with E-state index >= 15 is 0 Å². The van der Waals surface area contributed by atoms with Gasteiger partial charge in [-0.25, -0.2) is 9.97 Å². The first-order chi connectivity index (χ1) is 20.5. The number of carbonyl (C=O) groups is 1. The molecule has 1 atom stereocenters. The maximum absolute atomic E-state index is 13.5. The van der Waals surface area contributed by atoms with Crippen molar-refractivity contribution in [3.05, 3.63) is 35.1 Å². The van der Waals surface area contributed by atoms with E-state index in [2.05, 4.69) is 55.4 Å². The third-order valence-corrected chi connectivity index (χ3v) is 10.5. The molecule has 222 valence electrons. The standard InChI is InChI=1S/C31H40N8O2S/c1-37(2)22-7-11-39(12-8-22)31(40)20-5-6-23-27(16-20)42-30-28(23)29(32-19-33-30)35-25-15-21-18-34-36-24(21)17-26(25)41-14-13-38-9-3-4-10-38/h15,17-20,22H,3-14,16H2,1-2H3,(H,34,36)(H,32,33,35)/t20-/m0/s1. The average Bonchev–Trinajstić information content (AvgIpc) is 3.77. The number of nitrogens with zero attached hydrogens (tertiary/aromatic N) is 6. The molecule has 1 amide bonds. The lowest BCUT2D eigenvalue weighted by molar-refractivity contribution is -0.137. The van der Waals surface area contributed by atoms with Gasteiger partial charge in [0.2, 0.25) is 5.91 Å². The number of nitrogens with one attached hydrogen (secondary N) is 2. The third-order valence-electron chi connectivity index (χ3n) is 9.36. The quantitative estimate of drug-likeness (QED) is 0.312. The van der Waals surface area contributed by atoms with Gasteiger partial charge in [0.1, 0.15) is 29.3 Å². The summed E-state index contributed by atoms with van der Waals surface area (Å²) in [5.41, 5.74) is 3.10. The van der Waals surface area contributed by atoms with Gasteiger partial charge in [-0.05, 0) is 83.8 Å². The number of ether oxygens (including phenoxy) is 1. The molecular formula is C31H40N8O2S. The molecule has 0 radical (unpaired) electrons. The molecule has 0 saturated carbocycles. The summed E-state index contributed by atoms with van der Waals surface area (Å²) in [6.07, 6.45) is 10.6. The van der Waals surface area contributed by atoms with Crippen LogP contribution in [0.2, 0.25) is 0 Å². The number of likely N-dealkylation sites (tertiary alicyclic amines) is 2. The lowest BCUT2D eigenvalue weighted by atomic mass is 9.86. The highest BCUT2D eigenvalue weighted by molar-refractivity contribution is 7.19. The first kappa shape index (κ1) is 27.5. The van der Waals surface area contributed by atoms with Crippen molar-refractivity contribution in [1.82, 2.24) is 34.9 Å². The monoisotopic (exact) mass is 588 g/mol. The number of hydrogen-bond donors (Lipinski definition) is 2. The van der Waals surface area contributed by atoms with E-state index in [-0.39, 0.29) is 5.92 Å². The van der Waals surface area contributed by atoms with Crippen molar-refractivity contribution in [2.75, 3.05) is 58.7 Å². The lowest BCUT2D eigenvalue weighted by Crippen LogP contribution is -2.47. The van der Waals surface area contributed by atoms with Gasteiger partial charge in [0.25, 0.3) is 0 Å². The second-order valence-corrected chi connectivity index (χ2v) is 13.3. The van der Waals surface area contributed by atoms with Gasteiger partial charge in [-0.3, -0.25) is 14.8 Å². The number of rotatable bonds is 8. The molecule has 3 aliphatic rings. The molecular weight excluding hydrogens is 548 g/mol. The first-order valence-electron chi connectivity index (χ1n) is 15.3. The molecule has 7 rings (SSSR count). The van der Waals surface area contributed by atoms with Crippen molar-refractivity contribution in [3.63, 3.8) is 0 Å². The van der Waals surface area contributed by atoms with Crippen LogP contribution in [0.4, 0.5) is 11.5 Å². The predicted octanol–water partition coefficient (Wildman–Crippen LogP) is 4.44. The maximum Gasteiger partial charge on any atom is 0.226 e. The van der Waals surface area contributed by atoms with Gasteiger partial charge < -0.3 is 19.9 Å². The minimum Gasteiger partial charge on any atom is -0.490 e. The fraction of sp³-hybridized carbons (Fsp3) is 0.548. The molecule has 11 heteroatoms. The second-order valence-electron chi connectivity index (χ2n) is 12.2. The summed E-state index contributed by atoms with van der Waals surface area (Å²) in [4.78, 5) is 31.9. The van der Waals surface area contributed by atoms with Crippen molar-refractivity contribution in [1.29, 1.82) is 0 Å². The number of H-pyrrole nitrogens is 1. The molecule has 0 unspecified atom stereocenters. The predicted molar refractivity (Wildman–Crippen MR) is 167 cm³/mol. The zero-order chi connectivity index (χ0) is 28.6. The molecule has 2 fully saturated rings. The molecule has 0 spiro atoms. The Bertz CT molecular complexity index is 1570. The molecule has 2 aliphatic heterocycles. The molecule has 3 aromatic heterocycles. The topological polar surface area (TPSA) is 103 Å². The molecule has 5 heterocycles. The number of carbonyl (C=O) groups excluding carboxylic acids is 1. The van der Waals surface area contributed by atoms with Crippen LogP contribution in [0.15, 0.2) is 24.7 Å². The number of hydrogen-bond acceptors (Lipinski definition) is 9. The number of thiophene rings is 1. The minimum absolute atomic E-state index is 0.0462. The minimum atomic E-state index is 0.0462. The average molecular weight is 589 g/mol. The second kappa shape index (κ2) is 11.8. The van der Waals surface area contributed by atoms with Crippen LogP contribution in [0.5, 0.6) is 5.75 Å². The van der Waals surface area contributed by atoms with Gasteiger partial charge in [0.15, 0.2) is 0 Å². The number of piperidine rings is 1. The summed E-state index contributed by atoms with van der Waals surface area (Å²) in [5.74, 6) is 1.94. The normalized spacial score (nSPS) is 20.1. The van der Waals surface area contributed by atoms with Crippen LogP contribution < -0.4 is 10.1 Å². The van der Waals surface area contributed by atoms with Gasteiger partial charge in [-0.15, -0.1) is 11.3 Å². The van der Waals surface area contributed by atoms with Crippen LogP contribution in [0.3, 0.4) is 0 Å². The number of aromatic nitrogens is 4. The Kier molecular flexibility index (Phi) is 7.72. The van der Waals surface area contributed by atoms with Gasteiger partial charge in [0, 0.05) is 47.9 Å². The Morgan fingerprint density at radius 3 is 2.79 bits per heavy atom. The van der Waals surface area contributed by atoms with Crippen molar-refractivity contribution in [2.45, 2.75) is 51.0 Å². The number of aromatic amines is 1. The van der Waals surface area contributed by atoms with Gasteiger partial charge in [0.05, 0.1) is 22.8 Å². The van der Waals surface area contributed by atoms with Gasteiger partial charge in [-0.1, -0.05) is 0 Å². The Labute approximate surface area is 250 Å². The van der Waals surface area contributed by atoms with E-state index in [4.69, 9.17) is 9.72 Å². The lowest BCUT2D eigenvalue weighted by Gasteiger charge is -2.37. The molecule has 42 heavy (non-hydrogen) atoms. The number of benzene rings is 1. The van der Waals surface area contributed by atoms with E-state index < -0.39 is 0 Å². The van der Waals surface area contributed by atoms with Crippen LogP contribution in [-0.4, -0.2) is 100 Å². The van der Waals surface area contributed by atoms with Crippen molar-refractivity contribution in [2.24, 2.45) is 5.92 Å². The molecule has 1 aromatic carbocycles. The number of anilines is 2. The molecule has 10 nitrogen and oxygen atoms in total. The van der Waals surface area contributed by atoms with Crippen LogP contribution in [-0.2, 0) is 17.6 Å². The highest BCUT2D eigenvalue weighted by Crippen LogP contribution is 2.42. The number of fused-ring (bicyclic) bond motifs is 4. The van der Waals surface area contributed by atoms with Crippen LogP contribution in [0.25, 0.3) is 21.1 Å². The Hall–Kier alpha value is -3.28. The SMILES string of the molecule is CN(C)C1CCN(C(=O)[C@H]2CCc3c(sc4ncnc(Nc5cc6cn[nH]c6cc5OCCN5CCCC5)c34)C2)CC1. The molecule has 2 saturated heterocycles. The maximum atomic E-state index is 13.5. The van der Waals surface area contributed by atoms with Crippen molar-refractivity contribution >= 4 is 49.9 Å². The van der Waals surface area contributed by atoms with Crippen LogP contribution >= 0.6 is 11.3 Å². The van der Waals surface area contributed by atoms with Gasteiger partial charge >= 0.3 is 0 Å². The number of amides is 1. The summed E-state index contributed by atoms with van der Waals surface area (Å²) in [7, 11) is 4.27. The largest absolute Gasteiger partial charge is 0.490 e. The first-order valence-corrected chi connectivity index (χ1v) is 16.1. The summed E-state index contributed by atoms with van der Waals surface area (Å²) in [6, 6.07) is 4.67. The van der Waals surface area contributed by atoms with Crippen molar-refractivity contribution in [3.8, 4) is 5.75 Å². The van der Waals surface area contributed by atoms with Crippen LogP contribution in [0.1, 0.15) is 42.5 Å². The molecule has 2 N–H and O–H groups in total. The van der Waals surface area contributed by atoms with E-state index in [0.29, 0.717) is 18.6 Å². The fourth-order valence-electron chi connectivity index (χ4n) is 6.88. The highest BCUT2D eigenvalue weighted by atomic mass is 32.1. The highest BCUT2D eigenvalue weighted by Gasteiger charge is 2.33. The van der Waals surface area contributed by atoms with E-state index in [1.807, 2.05) is 12.3 Å². The van der Waals surface area contributed by atoms with E-state index in [9.17, 15) is 4.79 Å². The summed E-state index contributed by atoms with van der Waals surface area (Å²) in [6.45, 7) is 5.57. The third kappa shape index (κ3) is 5.45. The summed E-state index contributed by atoms with van der Waals surface area (Å²) >= 11 is 1.71. The number of aryl methyl sites for hydroxylation is 1. The summed E-state index contributed by atoms with van der Waals surface area (Å²) in [5, 5.41) is 13.0. The fourth-order valence-corrected chi connectivity index (χ4v) is 8.15. The Morgan fingerprint density at radius 2 is 1.98 bits per heavy atom. The smallest absolute Gasteiger partial charge is 0.226 e. The van der Waals surface area contributed by atoms with Crippen LogP contribution in [0, 0.1) is 5.92 Å². The van der Waals surface area contributed by atoms with E-state index in [0.717, 1.165) is 103 Å². The molecule has 1 aliphatic carbocycles. The van der Waals surface area contributed by atoms with Gasteiger partial charge in [-0.2, -0.15) is 5.10 Å². The summed E-state index contributed by atoms with van der Waals surface area (Å²) < 4.78 is 6.34. The Morgan fingerprint density at radius 1 is 1.14 bits per heavy atom. The van der Waals surface area contributed by atoms with Crippen molar-refractivity contribution < 1.29 is 9.53 Å². The zero-order valence-electron chi connectivity index (χ0n) is 24.6. The van der Waals surface area contributed by atoms with E-state index in [1.54, 1.807) is 17.7 Å². The zero-order valence-corrected chi connectivity index (χ0v) is 25.4. The Balaban J connectivity index is 1.11.